The van der Waals surface area contributed by atoms with Crippen molar-refractivity contribution in [2.45, 2.75) is 33.4 Å². The van der Waals surface area contributed by atoms with Crippen LogP contribution in [0.15, 0.2) is 47.6 Å². The highest BCUT2D eigenvalue weighted by molar-refractivity contribution is 7.99. The number of amides is 1. The van der Waals surface area contributed by atoms with Crippen molar-refractivity contribution in [2.24, 2.45) is 5.10 Å². The summed E-state index contributed by atoms with van der Waals surface area (Å²) in [5.41, 5.74) is 8.09. The normalized spacial score (nSPS) is 11.3. The van der Waals surface area contributed by atoms with Gasteiger partial charge in [-0.05, 0) is 63.1 Å². The maximum atomic E-state index is 12.0. The Balaban J connectivity index is 1.80. The smallest absolute Gasteiger partial charge is 0.250 e. The summed E-state index contributed by atoms with van der Waals surface area (Å²) in [5, 5.41) is 4.19. The van der Waals surface area contributed by atoms with Gasteiger partial charge in [-0.2, -0.15) is 5.10 Å². The molecule has 138 valence electrons. The van der Waals surface area contributed by atoms with Gasteiger partial charge in [0.2, 0.25) is 5.91 Å². The molecule has 0 spiro atoms. The molecule has 5 heteroatoms. The summed E-state index contributed by atoms with van der Waals surface area (Å²) in [6.07, 6.45) is 0. The predicted octanol–water partition coefficient (Wildman–Crippen LogP) is 4.48. The Hall–Kier alpha value is -2.27. The topological polar surface area (TPSA) is 50.7 Å². The lowest BCUT2D eigenvalue weighted by Gasteiger charge is -2.06. The van der Waals surface area contributed by atoms with Crippen LogP contribution in [0.1, 0.15) is 36.1 Å². The fraction of sp³-hybridized carbons (Fsp3) is 0.333. The third-order valence-electron chi connectivity index (χ3n) is 3.71. The lowest BCUT2D eigenvalue weighted by Crippen LogP contribution is -2.21. The number of nitrogens with zero attached hydrogens (tertiary/aromatic N) is 1. The van der Waals surface area contributed by atoms with E-state index in [1.807, 2.05) is 38.1 Å². The molecule has 0 aliphatic carbocycles. The van der Waals surface area contributed by atoms with Crippen molar-refractivity contribution in [1.82, 2.24) is 5.43 Å². The molecule has 0 atom stereocenters. The van der Waals surface area contributed by atoms with Gasteiger partial charge >= 0.3 is 0 Å². The number of thioether (sulfide) groups is 1. The second-order valence-corrected chi connectivity index (χ2v) is 7.16. The van der Waals surface area contributed by atoms with Gasteiger partial charge in [-0.3, -0.25) is 4.79 Å². The van der Waals surface area contributed by atoms with Gasteiger partial charge in [0.05, 0.1) is 18.1 Å². The standard InChI is InChI=1S/C21H26N2O2S/c1-5-25-20-8-6-19(7-9-20)17(4)22-23-21(24)14-26-13-18-11-15(2)10-16(3)12-18/h6-12H,5,13-14H2,1-4H3,(H,23,24). The van der Waals surface area contributed by atoms with Crippen molar-refractivity contribution >= 4 is 23.4 Å². The van der Waals surface area contributed by atoms with E-state index < -0.39 is 0 Å². The van der Waals surface area contributed by atoms with Crippen molar-refractivity contribution in [1.29, 1.82) is 0 Å². The van der Waals surface area contributed by atoms with E-state index in [1.165, 1.54) is 16.7 Å². The van der Waals surface area contributed by atoms with E-state index >= 15 is 0 Å². The summed E-state index contributed by atoms with van der Waals surface area (Å²) in [6.45, 7) is 8.65. The summed E-state index contributed by atoms with van der Waals surface area (Å²) in [4.78, 5) is 12.0. The van der Waals surface area contributed by atoms with Gasteiger partial charge in [0, 0.05) is 5.75 Å². The van der Waals surface area contributed by atoms with Crippen molar-refractivity contribution < 1.29 is 9.53 Å². The van der Waals surface area contributed by atoms with Crippen LogP contribution in [0.2, 0.25) is 0 Å². The van der Waals surface area contributed by atoms with Gasteiger partial charge in [0.15, 0.2) is 0 Å². The van der Waals surface area contributed by atoms with E-state index in [-0.39, 0.29) is 5.91 Å². The first-order valence-corrected chi connectivity index (χ1v) is 9.84. The molecule has 0 saturated heterocycles. The van der Waals surface area contributed by atoms with Crippen LogP contribution in [-0.2, 0) is 10.5 Å². The number of hydrogen-bond acceptors (Lipinski definition) is 4. The fourth-order valence-corrected chi connectivity index (χ4v) is 3.37. The maximum absolute atomic E-state index is 12.0. The molecule has 0 aliphatic heterocycles. The van der Waals surface area contributed by atoms with Gasteiger partial charge < -0.3 is 4.74 Å². The molecule has 0 heterocycles. The minimum atomic E-state index is -0.0929. The first-order valence-electron chi connectivity index (χ1n) is 8.69. The largest absolute Gasteiger partial charge is 0.494 e. The second kappa shape index (κ2) is 10.0. The van der Waals surface area contributed by atoms with E-state index in [4.69, 9.17) is 4.74 Å². The van der Waals surface area contributed by atoms with E-state index in [2.05, 4.69) is 42.6 Å². The number of hydrogen-bond donors (Lipinski definition) is 1. The van der Waals surface area contributed by atoms with Gasteiger partial charge in [0.25, 0.3) is 0 Å². The molecule has 0 aromatic heterocycles. The van der Waals surface area contributed by atoms with Crippen molar-refractivity contribution in [3.8, 4) is 5.75 Å². The molecule has 1 N–H and O–H groups in total. The van der Waals surface area contributed by atoms with E-state index in [1.54, 1.807) is 11.8 Å². The summed E-state index contributed by atoms with van der Waals surface area (Å²) in [6, 6.07) is 14.1. The molecule has 0 radical (unpaired) electrons. The van der Waals surface area contributed by atoms with E-state index in [0.717, 1.165) is 22.8 Å². The molecule has 2 aromatic rings. The van der Waals surface area contributed by atoms with Crippen LogP contribution >= 0.6 is 11.8 Å². The van der Waals surface area contributed by atoms with Gasteiger partial charge in [-0.15, -0.1) is 11.8 Å². The number of carbonyl (C=O) groups excluding carboxylic acids is 1. The van der Waals surface area contributed by atoms with Crippen LogP contribution < -0.4 is 10.2 Å². The van der Waals surface area contributed by atoms with Gasteiger partial charge in [0.1, 0.15) is 5.75 Å². The molecule has 2 rings (SSSR count). The average Bonchev–Trinajstić information content (AvgIpc) is 2.60. The number of ether oxygens (including phenoxy) is 1. The van der Waals surface area contributed by atoms with Crippen molar-refractivity contribution in [3.63, 3.8) is 0 Å². The Morgan fingerprint density at radius 2 is 1.77 bits per heavy atom. The molecule has 0 fully saturated rings. The fourth-order valence-electron chi connectivity index (χ4n) is 2.62. The average molecular weight is 371 g/mol. The van der Waals surface area contributed by atoms with E-state index in [0.29, 0.717) is 12.4 Å². The number of aryl methyl sites for hydroxylation is 2. The highest BCUT2D eigenvalue weighted by Crippen LogP contribution is 2.16. The molecule has 4 nitrogen and oxygen atoms in total. The molecule has 0 aliphatic rings. The SMILES string of the molecule is CCOc1ccc(C(C)=NNC(=O)CSCc2cc(C)cc(C)c2)cc1. The summed E-state index contributed by atoms with van der Waals surface area (Å²) in [5.74, 6) is 1.94. The molecule has 0 saturated carbocycles. The minimum Gasteiger partial charge on any atom is -0.494 e. The summed E-state index contributed by atoms with van der Waals surface area (Å²) < 4.78 is 5.42. The minimum absolute atomic E-state index is 0.0929. The predicted molar refractivity (Wildman–Crippen MR) is 110 cm³/mol. The summed E-state index contributed by atoms with van der Waals surface area (Å²) >= 11 is 1.59. The van der Waals surface area contributed by atoms with Crippen LogP contribution in [0.25, 0.3) is 0 Å². The summed E-state index contributed by atoms with van der Waals surface area (Å²) in [7, 11) is 0. The molecule has 0 bridgehead atoms. The Labute approximate surface area is 160 Å². The number of benzene rings is 2. The molecule has 1 amide bonds. The van der Waals surface area contributed by atoms with Gasteiger partial charge in [-0.25, -0.2) is 5.43 Å². The quantitative estimate of drug-likeness (QED) is 0.551. The van der Waals surface area contributed by atoms with Crippen LogP contribution in [0.5, 0.6) is 5.75 Å². The third-order valence-corrected chi connectivity index (χ3v) is 4.72. The highest BCUT2D eigenvalue weighted by atomic mass is 32.2. The highest BCUT2D eigenvalue weighted by Gasteiger charge is 2.04. The van der Waals surface area contributed by atoms with Crippen molar-refractivity contribution in [3.05, 3.63) is 64.7 Å². The molecular formula is C21H26N2O2S. The molecule has 26 heavy (non-hydrogen) atoms. The monoisotopic (exact) mass is 370 g/mol. The lowest BCUT2D eigenvalue weighted by atomic mass is 10.1. The Morgan fingerprint density at radius 3 is 2.38 bits per heavy atom. The lowest BCUT2D eigenvalue weighted by molar-refractivity contribution is -0.118. The number of hydrazone groups is 1. The van der Waals surface area contributed by atoms with Crippen LogP contribution in [0.3, 0.4) is 0 Å². The Morgan fingerprint density at radius 1 is 1.12 bits per heavy atom. The second-order valence-electron chi connectivity index (χ2n) is 6.18. The van der Waals surface area contributed by atoms with Crippen LogP contribution in [0, 0.1) is 13.8 Å². The molecule has 0 unspecified atom stereocenters. The van der Waals surface area contributed by atoms with Crippen molar-refractivity contribution in [2.75, 3.05) is 12.4 Å². The van der Waals surface area contributed by atoms with Crippen LogP contribution in [0.4, 0.5) is 0 Å². The number of carbonyl (C=O) groups is 1. The molecule has 2 aromatic carbocycles. The maximum Gasteiger partial charge on any atom is 0.250 e. The van der Waals surface area contributed by atoms with E-state index in [9.17, 15) is 4.79 Å². The molecular weight excluding hydrogens is 344 g/mol. The first kappa shape index (κ1) is 20.0. The first-order chi connectivity index (χ1) is 12.5. The zero-order valence-electron chi connectivity index (χ0n) is 15.8. The number of nitrogens with one attached hydrogen (secondary N) is 1. The Bertz CT molecular complexity index is 750. The zero-order valence-corrected chi connectivity index (χ0v) is 16.7. The zero-order chi connectivity index (χ0) is 18.9. The number of rotatable bonds is 8. The van der Waals surface area contributed by atoms with Crippen LogP contribution in [-0.4, -0.2) is 24.0 Å². The van der Waals surface area contributed by atoms with Gasteiger partial charge in [-0.1, -0.05) is 29.3 Å². The Kier molecular flexibility index (Phi) is 7.73. The third kappa shape index (κ3) is 6.56.